The predicted molar refractivity (Wildman–Crippen MR) is 80.2 cm³/mol. The molecule has 2 rings (SSSR count). The third-order valence-electron chi connectivity index (χ3n) is 2.78. The van der Waals surface area contributed by atoms with Gasteiger partial charge in [0, 0.05) is 21.9 Å². The van der Waals surface area contributed by atoms with E-state index in [1.54, 1.807) is 24.4 Å². The lowest BCUT2D eigenvalue weighted by atomic mass is 10.1. The highest BCUT2D eigenvalue weighted by Crippen LogP contribution is 2.19. The summed E-state index contributed by atoms with van der Waals surface area (Å²) >= 11 is 3.37. The molecular weight excluding hydrogens is 306 g/mol. The van der Waals surface area contributed by atoms with E-state index in [0.717, 1.165) is 15.6 Å². The van der Waals surface area contributed by atoms with Gasteiger partial charge in [-0.1, -0.05) is 0 Å². The number of nitrogens with zero attached hydrogens (tertiary/aromatic N) is 1. The Bertz CT molecular complexity index is 641. The number of aryl methyl sites for hydroxylation is 2. The molecule has 4 nitrogen and oxygen atoms in total. The van der Waals surface area contributed by atoms with Gasteiger partial charge >= 0.3 is 0 Å². The highest BCUT2D eigenvalue weighted by molar-refractivity contribution is 9.10. The van der Waals surface area contributed by atoms with E-state index in [2.05, 4.69) is 26.2 Å². The van der Waals surface area contributed by atoms with Crippen LogP contribution in [-0.4, -0.2) is 10.9 Å². The third kappa shape index (κ3) is 3.12. The summed E-state index contributed by atoms with van der Waals surface area (Å²) in [6.45, 7) is 3.79. The average molecular weight is 320 g/mol. The van der Waals surface area contributed by atoms with Gasteiger partial charge in [-0.05, 0) is 65.2 Å². The van der Waals surface area contributed by atoms with Crippen molar-refractivity contribution in [3.05, 3.63) is 51.6 Å². The number of carbonyl (C=O) groups excluding carboxylic acids is 1. The first-order chi connectivity index (χ1) is 8.97. The first-order valence-corrected chi connectivity index (χ1v) is 6.56. The number of carbonyl (C=O) groups is 1. The summed E-state index contributed by atoms with van der Waals surface area (Å²) in [5.74, 6) is 0.341. The molecule has 3 N–H and O–H groups in total. The Morgan fingerprint density at radius 1 is 1.26 bits per heavy atom. The molecule has 1 heterocycles. The van der Waals surface area contributed by atoms with Crippen molar-refractivity contribution in [3.8, 4) is 0 Å². The van der Waals surface area contributed by atoms with E-state index in [1.807, 2.05) is 19.9 Å². The Labute approximate surface area is 120 Å². The molecule has 2 aromatic rings. The van der Waals surface area contributed by atoms with Crippen molar-refractivity contribution in [2.24, 2.45) is 0 Å². The number of pyridine rings is 1. The van der Waals surface area contributed by atoms with Crippen molar-refractivity contribution in [1.29, 1.82) is 0 Å². The third-order valence-corrected chi connectivity index (χ3v) is 3.61. The second-order valence-electron chi connectivity index (χ2n) is 4.35. The molecule has 1 amide bonds. The summed E-state index contributed by atoms with van der Waals surface area (Å²) in [6.07, 6.45) is 1.67. The van der Waals surface area contributed by atoms with E-state index >= 15 is 0 Å². The molecule has 0 saturated heterocycles. The number of nitrogens with one attached hydrogen (secondary N) is 1. The number of nitrogens with two attached hydrogens (primary N) is 1. The van der Waals surface area contributed by atoms with Crippen LogP contribution < -0.4 is 11.1 Å². The Balaban J connectivity index is 2.23. The smallest absolute Gasteiger partial charge is 0.257 e. The average Bonchev–Trinajstić information content (AvgIpc) is 2.33. The van der Waals surface area contributed by atoms with Gasteiger partial charge in [-0.25, -0.2) is 4.98 Å². The maximum Gasteiger partial charge on any atom is 0.257 e. The lowest BCUT2D eigenvalue weighted by molar-refractivity contribution is 0.102. The molecule has 5 heteroatoms. The largest absolute Gasteiger partial charge is 0.399 e. The van der Waals surface area contributed by atoms with Crippen LogP contribution in [0, 0.1) is 13.8 Å². The fraction of sp³-hybridized carbons (Fsp3) is 0.143. The zero-order valence-electron chi connectivity index (χ0n) is 10.7. The van der Waals surface area contributed by atoms with Crippen molar-refractivity contribution in [3.63, 3.8) is 0 Å². The van der Waals surface area contributed by atoms with Crippen LogP contribution in [0.25, 0.3) is 0 Å². The quantitative estimate of drug-likeness (QED) is 0.834. The molecule has 0 unspecified atom stereocenters. The summed E-state index contributed by atoms with van der Waals surface area (Å²) in [5.41, 5.74) is 8.76. The first kappa shape index (κ1) is 13.5. The number of rotatable bonds is 2. The highest BCUT2D eigenvalue weighted by atomic mass is 79.9. The van der Waals surface area contributed by atoms with Gasteiger partial charge < -0.3 is 11.1 Å². The van der Waals surface area contributed by atoms with Gasteiger partial charge in [-0.15, -0.1) is 0 Å². The van der Waals surface area contributed by atoms with Gasteiger partial charge in [0.1, 0.15) is 5.82 Å². The number of benzene rings is 1. The molecule has 0 fully saturated rings. The van der Waals surface area contributed by atoms with Crippen LogP contribution in [-0.2, 0) is 0 Å². The topological polar surface area (TPSA) is 68.0 Å². The number of aromatic nitrogens is 1. The monoisotopic (exact) mass is 319 g/mol. The molecule has 0 saturated carbocycles. The van der Waals surface area contributed by atoms with Gasteiger partial charge in [0.05, 0.1) is 0 Å². The van der Waals surface area contributed by atoms with Gasteiger partial charge in [0.2, 0.25) is 0 Å². The van der Waals surface area contributed by atoms with Gasteiger partial charge in [0.15, 0.2) is 0 Å². The molecule has 1 aromatic carbocycles. The number of hydrogen-bond donors (Lipinski definition) is 2. The zero-order chi connectivity index (χ0) is 14.0. The van der Waals surface area contributed by atoms with Crippen LogP contribution in [0.15, 0.2) is 34.9 Å². The summed E-state index contributed by atoms with van der Waals surface area (Å²) in [4.78, 5) is 16.3. The van der Waals surface area contributed by atoms with Crippen LogP contribution in [0.4, 0.5) is 11.5 Å². The van der Waals surface area contributed by atoms with E-state index in [4.69, 9.17) is 5.73 Å². The number of nitrogen functional groups attached to an aromatic ring is 1. The van der Waals surface area contributed by atoms with Gasteiger partial charge in [0.25, 0.3) is 5.91 Å². The molecule has 1 aromatic heterocycles. The van der Waals surface area contributed by atoms with Crippen molar-refractivity contribution < 1.29 is 4.79 Å². The molecule has 0 aliphatic heterocycles. The second-order valence-corrected chi connectivity index (χ2v) is 5.20. The van der Waals surface area contributed by atoms with Crippen molar-refractivity contribution in [2.75, 3.05) is 11.1 Å². The number of hydrogen-bond acceptors (Lipinski definition) is 3. The SMILES string of the molecule is Cc1cc(NC(=O)c2ccc(N)cc2C)ncc1Br. The predicted octanol–water partition coefficient (Wildman–Crippen LogP) is 3.30. The van der Waals surface area contributed by atoms with E-state index in [9.17, 15) is 4.79 Å². The number of amides is 1. The van der Waals surface area contributed by atoms with E-state index in [1.165, 1.54) is 0 Å². The standard InChI is InChI=1S/C14H14BrN3O/c1-8-5-10(16)3-4-11(8)14(19)18-13-6-9(2)12(15)7-17-13/h3-7H,16H2,1-2H3,(H,17,18,19). The lowest BCUT2D eigenvalue weighted by Crippen LogP contribution is -2.14. The van der Waals surface area contributed by atoms with Crippen LogP contribution >= 0.6 is 15.9 Å². The summed E-state index contributed by atoms with van der Waals surface area (Å²) in [7, 11) is 0. The van der Waals surface area contributed by atoms with Crippen LogP contribution in [0.1, 0.15) is 21.5 Å². The van der Waals surface area contributed by atoms with Crippen LogP contribution in [0.2, 0.25) is 0 Å². The molecule has 0 aliphatic carbocycles. The molecule has 98 valence electrons. The summed E-state index contributed by atoms with van der Waals surface area (Å²) in [5, 5.41) is 2.77. The second kappa shape index (κ2) is 5.40. The maximum absolute atomic E-state index is 12.1. The molecule has 0 spiro atoms. The Hall–Kier alpha value is -1.88. The highest BCUT2D eigenvalue weighted by Gasteiger charge is 2.10. The minimum absolute atomic E-state index is 0.188. The Morgan fingerprint density at radius 3 is 2.63 bits per heavy atom. The minimum Gasteiger partial charge on any atom is -0.399 e. The van der Waals surface area contributed by atoms with Crippen molar-refractivity contribution >= 4 is 33.3 Å². The fourth-order valence-corrected chi connectivity index (χ4v) is 1.95. The number of halogens is 1. The maximum atomic E-state index is 12.1. The van der Waals surface area contributed by atoms with Crippen LogP contribution in [0.3, 0.4) is 0 Å². The Morgan fingerprint density at radius 2 is 2.00 bits per heavy atom. The van der Waals surface area contributed by atoms with E-state index in [0.29, 0.717) is 17.1 Å². The van der Waals surface area contributed by atoms with Crippen molar-refractivity contribution in [2.45, 2.75) is 13.8 Å². The van der Waals surface area contributed by atoms with Gasteiger partial charge in [-0.3, -0.25) is 4.79 Å². The molecule has 0 atom stereocenters. The van der Waals surface area contributed by atoms with E-state index in [-0.39, 0.29) is 5.91 Å². The zero-order valence-corrected chi connectivity index (χ0v) is 12.3. The summed E-state index contributed by atoms with van der Waals surface area (Å²) < 4.78 is 0.911. The van der Waals surface area contributed by atoms with Crippen molar-refractivity contribution in [1.82, 2.24) is 4.98 Å². The lowest BCUT2D eigenvalue weighted by Gasteiger charge is -2.08. The molecule has 0 radical (unpaired) electrons. The molecular formula is C14H14BrN3O. The minimum atomic E-state index is -0.188. The Kier molecular flexibility index (Phi) is 3.85. The summed E-state index contributed by atoms with van der Waals surface area (Å²) in [6, 6.07) is 7.01. The van der Waals surface area contributed by atoms with Gasteiger partial charge in [-0.2, -0.15) is 0 Å². The van der Waals surface area contributed by atoms with Crippen LogP contribution in [0.5, 0.6) is 0 Å². The number of anilines is 2. The fourth-order valence-electron chi connectivity index (χ4n) is 1.73. The first-order valence-electron chi connectivity index (χ1n) is 5.77. The normalized spacial score (nSPS) is 10.3. The van der Waals surface area contributed by atoms with E-state index < -0.39 is 0 Å². The molecule has 0 bridgehead atoms. The molecule has 0 aliphatic rings. The molecule has 19 heavy (non-hydrogen) atoms.